The van der Waals surface area contributed by atoms with Gasteiger partial charge in [-0.2, -0.15) is 0 Å². The maximum Gasteiger partial charge on any atom is 0.0714 e. The fourth-order valence-electron chi connectivity index (χ4n) is 7.98. The summed E-state index contributed by atoms with van der Waals surface area (Å²) < 4.78 is 0. The number of hydrogen-bond acceptors (Lipinski definition) is 1. The third-order valence-electron chi connectivity index (χ3n) is 10.1. The maximum absolute atomic E-state index is 2.45. The van der Waals surface area contributed by atoms with Gasteiger partial charge < -0.3 is 4.90 Å². The normalized spacial score (nSPS) is 12.6. The smallest absolute Gasteiger partial charge is 0.0714 e. The Balaban J connectivity index is 1.33. The number of benzene rings is 8. The van der Waals surface area contributed by atoms with E-state index in [1.807, 2.05) is 0 Å². The van der Waals surface area contributed by atoms with E-state index in [1.54, 1.807) is 0 Å². The minimum atomic E-state index is -0.485. The molecule has 0 heterocycles. The van der Waals surface area contributed by atoms with Crippen molar-refractivity contribution in [3.8, 4) is 33.4 Å². The summed E-state index contributed by atoms with van der Waals surface area (Å²) in [6.07, 6.45) is 0. The molecule has 0 aromatic heterocycles. The molecule has 0 radical (unpaired) electrons. The molecule has 1 aliphatic rings. The van der Waals surface area contributed by atoms with Crippen molar-refractivity contribution in [1.29, 1.82) is 0 Å². The van der Waals surface area contributed by atoms with Gasteiger partial charge in [0.25, 0.3) is 0 Å². The van der Waals surface area contributed by atoms with Crippen molar-refractivity contribution in [3.05, 3.63) is 235 Å². The summed E-state index contributed by atoms with van der Waals surface area (Å²) in [5, 5.41) is 0. The van der Waals surface area contributed by atoms with E-state index in [2.05, 4.69) is 217 Å². The Morgan fingerprint density at radius 1 is 0.300 bits per heavy atom. The summed E-state index contributed by atoms with van der Waals surface area (Å²) in [5.41, 5.74) is 15.3. The van der Waals surface area contributed by atoms with E-state index in [-0.39, 0.29) is 0 Å². The molecular weight excluding hydrogens is 603 g/mol. The first kappa shape index (κ1) is 29.7. The van der Waals surface area contributed by atoms with Gasteiger partial charge in [0.05, 0.1) is 11.1 Å². The first-order chi connectivity index (χ1) is 24.8. The van der Waals surface area contributed by atoms with E-state index in [0.717, 1.165) is 17.1 Å². The predicted octanol–water partition coefficient (Wildman–Crippen LogP) is 12.9. The summed E-state index contributed by atoms with van der Waals surface area (Å²) in [4.78, 5) is 2.44. The average Bonchev–Trinajstić information content (AvgIpc) is 3.50. The van der Waals surface area contributed by atoms with Crippen LogP contribution in [0.25, 0.3) is 33.4 Å². The summed E-state index contributed by atoms with van der Waals surface area (Å²) in [6.45, 7) is 0. The Morgan fingerprint density at radius 3 is 1.48 bits per heavy atom. The fourth-order valence-corrected chi connectivity index (χ4v) is 7.98. The summed E-state index contributed by atoms with van der Waals surface area (Å²) in [6, 6.07) is 77.2. The quantitative estimate of drug-likeness (QED) is 0.168. The highest BCUT2D eigenvalue weighted by Crippen LogP contribution is 2.57. The molecule has 8 aromatic carbocycles. The van der Waals surface area contributed by atoms with Gasteiger partial charge in [0.2, 0.25) is 0 Å². The van der Waals surface area contributed by atoms with Crippen LogP contribution in [0, 0.1) is 0 Å². The van der Waals surface area contributed by atoms with E-state index < -0.39 is 5.41 Å². The van der Waals surface area contributed by atoms with Gasteiger partial charge >= 0.3 is 0 Å². The highest BCUT2D eigenvalue weighted by molar-refractivity contribution is 5.92. The molecule has 9 rings (SSSR count). The molecule has 8 aromatic rings. The Labute approximate surface area is 294 Å². The highest BCUT2D eigenvalue weighted by atomic mass is 15.1. The molecule has 0 unspecified atom stereocenters. The Kier molecular flexibility index (Phi) is 7.44. The third kappa shape index (κ3) is 4.86. The standard InChI is InChI=1S/C49H35N/c1-5-18-36(19-6-1)38-22-17-27-41(34-38)50(48-31-16-14-28-43(48)37-20-7-2-8-21-37)42-32-33-45-44-29-13-15-30-46(44)49(47(45)35-42,39-23-9-3-10-24-39)40-25-11-4-12-26-40/h1-35H. The molecule has 0 aliphatic heterocycles. The van der Waals surface area contributed by atoms with Crippen LogP contribution in [0.5, 0.6) is 0 Å². The van der Waals surface area contributed by atoms with Crippen LogP contribution in [0.1, 0.15) is 22.3 Å². The summed E-state index contributed by atoms with van der Waals surface area (Å²) >= 11 is 0. The number of rotatable bonds is 7. The van der Waals surface area contributed by atoms with Crippen LogP contribution < -0.4 is 4.90 Å². The lowest BCUT2D eigenvalue weighted by Crippen LogP contribution is -2.28. The van der Waals surface area contributed by atoms with Crippen molar-refractivity contribution >= 4 is 17.1 Å². The van der Waals surface area contributed by atoms with E-state index in [4.69, 9.17) is 0 Å². The van der Waals surface area contributed by atoms with Gasteiger partial charge in [0, 0.05) is 16.9 Å². The molecule has 0 saturated heterocycles. The monoisotopic (exact) mass is 637 g/mol. The topological polar surface area (TPSA) is 3.24 Å². The first-order valence-electron chi connectivity index (χ1n) is 17.3. The van der Waals surface area contributed by atoms with Crippen LogP contribution in [0.2, 0.25) is 0 Å². The van der Waals surface area contributed by atoms with Gasteiger partial charge in [-0.25, -0.2) is 0 Å². The van der Waals surface area contributed by atoms with Crippen LogP contribution in [-0.4, -0.2) is 0 Å². The van der Waals surface area contributed by atoms with Crippen LogP contribution in [0.4, 0.5) is 17.1 Å². The van der Waals surface area contributed by atoms with Crippen molar-refractivity contribution in [2.75, 3.05) is 4.90 Å². The van der Waals surface area contributed by atoms with Gasteiger partial charge in [-0.05, 0) is 80.4 Å². The van der Waals surface area contributed by atoms with Gasteiger partial charge in [0.15, 0.2) is 0 Å². The van der Waals surface area contributed by atoms with Crippen LogP contribution in [-0.2, 0) is 5.41 Å². The number of nitrogens with zero attached hydrogens (tertiary/aromatic N) is 1. The number of fused-ring (bicyclic) bond motifs is 3. The molecule has 1 nitrogen and oxygen atoms in total. The van der Waals surface area contributed by atoms with Gasteiger partial charge in [-0.3, -0.25) is 0 Å². The molecule has 1 aliphatic carbocycles. The van der Waals surface area contributed by atoms with Crippen molar-refractivity contribution in [2.45, 2.75) is 5.41 Å². The third-order valence-corrected chi connectivity index (χ3v) is 10.1. The van der Waals surface area contributed by atoms with Crippen LogP contribution in [0.3, 0.4) is 0 Å². The second kappa shape index (κ2) is 12.5. The highest BCUT2D eigenvalue weighted by Gasteiger charge is 2.46. The molecule has 0 amide bonds. The van der Waals surface area contributed by atoms with Crippen LogP contribution in [0.15, 0.2) is 212 Å². The molecule has 0 spiro atoms. The molecule has 0 N–H and O–H groups in total. The van der Waals surface area contributed by atoms with Gasteiger partial charge in [0.1, 0.15) is 0 Å². The molecular formula is C49H35N. The molecule has 50 heavy (non-hydrogen) atoms. The van der Waals surface area contributed by atoms with Crippen molar-refractivity contribution < 1.29 is 0 Å². The molecule has 0 atom stereocenters. The van der Waals surface area contributed by atoms with E-state index >= 15 is 0 Å². The van der Waals surface area contributed by atoms with Crippen LogP contribution >= 0.6 is 0 Å². The average molecular weight is 638 g/mol. The van der Waals surface area contributed by atoms with Crippen molar-refractivity contribution in [1.82, 2.24) is 0 Å². The predicted molar refractivity (Wildman–Crippen MR) is 209 cm³/mol. The number of para-hydroxylation sites is 1. The Hall–Kier alpha value is -6.44. The zero-order chi connectivity index (χ0) is 33.3. The lowest BCUT2D eigenvalue weighted by Gasteiger charge is -2.35. The van der Waals surface area contributed by atoms with E-state index in [0.29, 0.717) is 0 Å². The maximum atomic E-state index is 2.45. The second-order valence-electron chi connectivity index (χ2n) is 12.9. The van der Waals surface area contributed by atoms with E-state index in [1.165, 1.54) is 55.6 Å². The lowest BCUT2D eigenvalue weighted by atomic mass is 9.67. The summed E-state index contributed by atoms with van der Waals surface area (Å²) in [7, 11) is 0. The molecule has 0 fully saturated rings. The second-order valence-corrected chi connectivity index (χ2v) is 12.9. The SMILES string of the molecule is c1ccc(-c2cccc(N(c3ccc4c(c3)C(c3ccccc3)(c3ccccc3)c3ccccc3-4)c3ccccc3-c3ccccc3)c2)cc1. The zero-order valence-electron chi connectivity index (χ0n) is 27.7. The molecule has 0 saturated carbocycles. The van der Waals surface area contributed by atoms with Crippen molar-refractivity contribution in [2.24, 2.45) is 0 Å². The molecule has 0 bridgehead atoms. The number of hydrogen-bond donors (Lipinski definition) is 0. The first-order valence-corrected chi connectivity index (χ1v) is 17.3. The Morgan fingerprint density at radius 2 is 0.800 bits per heavy atom. The summed E-state index contributed by atoms with van der Waals surface area (Å²) in [5.74, 6) is 0. The van der Waals surface area contributed by atoms with E-state index in [9.17, 15) is 0 Å². The minimum absolute atomic E-state index is 0.485. The zero-order valence-corrected chi connectivity index (χ0v) is 27.7. The minimum Gasteiger partial charge on any atom is -0.310 e. The number of anilines is 3. The molecule has 1 heteroatoms. The molecule has 236 valence electrons. The fraction of sp³-hybridized carbons (Fsp3) is 0.0204. The lowest BCUT2D eigenvalue weighted by molar-refractivity contribution is 0.768. The van der Waals surface area contributed by atoms with Gasteiger partial charge in [-0.1, -0.05) is 182 Å². The largest absolute Gasteiger partial charge is 0.310 e. The van der Waals surface area contributed by atoms with Gasteiger partial charge in [-0.15, -0.1) is 0 Å². The van der Waals surface area contributed by atoms with Crippen molar-refractivity contribution in [3.63, 3.8) is 0 Å². The Bertz CT molecular complexity index is 2380.